The number of benzene rings is 11. The van der Waals surface area contributed by atoms with E-state index in [-0.39, 0.29) is 21.7 Å². The third-order valence-corrected chi connectivity index (χ3v) is 20.5. The topological polar surface area (TPSA) is 58.4 Å². The molecule has 11 aromatic carbocycles. The highest BCUT2D eigenvalue weighted by Gasteiger charge is 2.37. The second kappa shape index (κ2) is 22.2. The lowest BCUT2D eigenvalue weighted by atomic mass is 9.86. The first-order chi connectivity index (χ1) is 47.2. The van der Waals surface area contributed by atoms with Crippen LogP contribution in [0.25, 0.3) is 155 Å². The molecule has 0 atom stereocenters. The van der Waals surface area contributed by atoms with Crippen LogP contribution in [0.4, 0.5) is 0 Å². The van der Waals surface area contributed by atoms with Gasteiger partial charge in [0.15, 0.2) is 5.82 Å². The van der Waals surface area contributed by atoms with Gasteiger partial charge in [0.1, 0.15) is 0 Å². The fourth-order valence-corrected chi connectivity index (χ4v) is 15.4. The largest absolute Gasteiger partial charge is 0.306 e. The highest BCUT2D eigenvalue weighted by molar-refractivity contribution is 6.19. The van der Waals surface area contributed by atoms with Crippen molar-refractivity contribution in [2.45, 2.75) is 105 Å². The number of pyridine rings is 1. The number of aromatic nitrogens is 7. The van der Waals surface area contributed by atoms with Crippen molar-refractivity contribution in [3.8, 4) is 67.8 Å². The number of nitrogens with zero attached hydrogens (tertiary/aromatic N) is 7. The Hall–Kier alpha value is -11.2. The van der Waals surface area contributed by atoms with Gasteiger partial charge in [-0.2, -0.15) is 0 Å². The predicted molar refractivity (Wildman–Crippen MR) is 414 cm³/mol. The van der Waals surface area contributed by atoms with Crippen LogP contribution in [-0.4, -0.2) is 33.2 Å². The molecule has 0 aliphatic rings. The number of hydrogen-bond donors (Lipinski definition) is 0. The van der Waals surface area contributed by atoms with Crippen molar-refractivity contribution in [1.82, 2.24) is 33.2 Å². The van der Waals surface area contributed by atoms with Gasteiger partial charge in [-0.1, -0.05) is 247 Å². The van der Waals surface area contributed by atoms with Crippen LogP contribution in [0.3, 0.4) is 0 Å². The molecule has 7 heteroatoms. The second-order valence-electron chi connectivity index (χ2n) is 30.9. The number of para-hydroxylation sites is 4. The summed E-state index contributed by atoms with van der Waals surface area (Å²) in [6.07, 6.45) is 3.98. The summed E-state index contributed by atoms with van der Waals surface area (Å²) in [5.41, 5.74) is 23.2. The van der Waals surface area contributed by atoms with E-state index in [1.807, 2.05) is 6.20 Å². The maximum Gasteiger partial charge on any atom is 0.160 e. The van der Waals surface area contributed by atoms with Gasteiger partial charge in [0, 0.05) is 83.3 Å². The van der Waals surface area contributed by atoms with Crippen molar-refractivity contribution < 1.29 is 0 Å². The first-order valence-electron chi connectivity index (χ1n) is 34.5. The van der Waals surface area contributed by atoms with E-state index in [1.165, 1.54) is 38.4 Å². The van der Waals surface area contributed by atoms with Gasteiger partial charge >= 0.3 is 0 Å². The van der Waals surface area contributed by atoms with Crippen LogP contribution in [0.5, 0.6) is 0 Å². The Labute approximate surface area is 573 Å². The standard InChI is InChI=1S/C91H79N7/c1-88(2,3)59-41-45-77-67(50-59)63-33-19-23-37-73(63)95(77)83-81(58-32-27-49-92-55-58)82(72-54-71(56-28-15-13-16-29-56)93-87(94-72)57-30-17-14-18-31-57)84(96-74-38-24-20-34-64(74)68-51-60(89(4,5)6)42-46-78(68)96)86(98-76-40-26-22-36-66(76)70-53-62(91(10,11)12)44-48-80(70)98)85(83)97-75-39-25-21-35-65(75)69-52-61(90(7,8)9)43-47-79(69)97/h13-55H,1-12H3. The van der Waals surface area contributed by atoms with E-state index in [4.69, 9.17) is 15.0 Å². The van der Waals surface area contributed by atoms with E-state index in [0.29, 0.717) is 5.82 Å². The fourth-order valence-electron chi connectivity index (χ4n) is 15.4. The molecule has 0 bridgehead atoms. The van der Waals surface area contributed by atoms with Crippen molar-refractivity contribution in [3.63, 3.8) is 0 Å². The maximum atomic E-state index is 6.09. The van der Waals surface area contributed by atoms with Gasteiger partial charge < -0.3 is 18.3 Å². The van der Waals surface area contributed by atoms with Crippen molar-refractivity contribution in [1.29, 1.82) is 0 Å². The summed E-state index contributed by atoms with van der Waals surface area (Å²) in [4.78, 5) is 16.9. The Balaban J connectivity index is 1.25. The molecule has 0 radical (unpaired) electrons. The lowest BCUT2D eigenvalue weighted by Crippen LogP contribution is -2.17. The van der Waals surface area contributed by atoms with Crippen LogP contribution in [-0.2, 0) is 21.7 Å². The first-order valence-corrected chi connectivity index (χ1v) is 34.5. The molecule has 7 nitrogen and oxygen atoms in total. The van der Waals surface area contributed by atoms with E-state index < -0.39 is 0 Å². The monoisotopic (exact) mass is 1270 g/mol. The van der Waals surface area contributed by atoms with Crippen LogP contribution in [0.15, 0.2) is 261 Å². The Bertz CT molecular complexity index is 6010. The zero-order valence-corrected chi connectivity index (χ0v) is 58.0. The normalized spacial score (nSPS) is 12.7. The number of hydrogen-bond acceptors (Lipinski definition) is 3. The van der Waals surface area contributed by atoms with Crippen molar-refractivity contribution >= 4 is 87.2 Å². The van der Waals surface area contributed by atoms with E-state index in [1.54, 1.807) is 0 Å². The second-order valence-corrected chi connectivity index (χ2v) is 30.9. The quantitative estimate of drug-likeness (QED) is 0.152. The van der Waals surface area contributed by atoms with Gasteiger partial charge in [-0.3, -0.25) is 4.98 Å². The predicted octanol–water partition coefficient (Wildman–Crippen LogP) is 24.1. The summed E-state index contributed by atoms with van der Waals surface area (Å²) in [5.74, 6) is 0.615. The van der Waals surface area contributed by atoms with Crippen molar-refractivity contribution in [3.05, 3.63) is 283 Å². The molecule has 6 aromatic heterocycles. The van der Waals surface area contributed by atoms with Gasteiger partial charge in [-0.25, -0.2) is 9.97 Å². The third-order valence-electron chi connectivity index (χ3n) is 20.5. The molecule has 0 saturated heterocycles. The van der Waals surface area contributed by atoms with Crippen LogP contribution in [0.2, 0.25) is 0 Å². The molecule has 6 heterocycles. The molecule has 17 rings (SSSR count). The Kier molecular flexibility index (Phi) is 13.7. The lowest BCUT2D eigenvalue weighted by Gasteiger charge is -2.31. The van der Waals surface area contributed by atoms with Gasteiger partial charge in [0.2, 0.25) is 0 Å². The zero-order chi connectivity index (χ0) is 67.3. The molecule has 0 N–H and O–H groups in total. The van der Waals surface area contributed by atoms with E-state index in [2.05, 4.69) is 356 Å². The molecule has 0 saturated carbocycles. The molecule has 0 aliphatic carbocycles. The molecule has 98 heavy (non-hydrogen) atoms. The van der Waals surface area contributed by atoms with Gasteiger partial charge in [-0.05, 0) is 129 Å². The van der Waals surface area contributed by atoms with E-state index >= 15 is 0 Å². The van der Waals surface area contributed by atoms with E-state index in [9.17, 15) is 0 Å². The minimum atomic E-state index is -0.146. The molecule has 0 unspecified atom stereocenters. The summed E-state index contributed by atoms with van der Waals surface area (Å²) in [7, 11) is 0. The Morgan fingerprint density at radius 2 is 0.551 bits per heavy atom. The molecule has 0 fully saturated rings. The molecular formula is C91H79N7. The average Bonchev–Trinajstić information content (AvgIpc) is 1.44. The summed E-state index contributed by atoms with van der Waals surface area (Å²) < 4.78 is 10.5. The van der Waals surface area contributed by atoms with Crippen LogP contribution >= 0.6 is 0 Å². The van der Waals surface area contributed by atoms with Gasteiger partial charge in [-0.15, -0.1) is 0 Å². The Morgan fingerprint density at radius 3 is 0.908 bits per heavy atom. The van der Waals surface area contributed by atoms with Gasteiger partial charge in [0.05, 0.1) is 78.3 Å². The molecule has 0 aliphatic heterocycles. The zero-order valence-electron chi connectivity index (χ0n) is 58.0. The van der Waals surface area contributed by atoms with Gasteiger partial charge in [0.25, 0.3) is 0 Å². The minimum Gasteiger partial charge on any atom is -0.306 e. The highest BCUT2D eigenvalue weighted by atomic mass is 15.1. The SMILES string of the molecule is CC(C)(C)c1ccc2c(c1)c1ccccc1n2-c1c(-c2cccnc2)c(-c2cc(-c3ccccc3)nc(-c3ccccc3)n2)c(-n2c3ccccc3c3cc(C(C)(C)C)ccc32)c(-n2c3ccccc3c3cc(C(C)(C)C)ccc32)c1-n1c2ccccc2c2cc(C(C)(C)C)ccc21. The minimum absolute atomic E-state index is 0.139. The maximum absolute atomic E-state index is 6.09. The molecule has 0 amide bonds. The third kappa shape index (κ3) is 9.63. The number of rotatable bonds is 8. The number of fused-ring (bicyclic) bond motifs is 12. The molecular weight excluding hydrogens is 1190 g/mol. The smallest absolute Gasteiger partial charge is 0.160 e. The van der Waals surface area contributed by atoms with Crippen LogP contribution in [0, 0.1) is 0 Å². The summed E-state index contributed by atoms with van der Waals surface area (Å²) >= 11 is 0. The molecule has 0 spiro atoms. The van der Waals surface area contributed by atoms with Crippen LogP contribution < -0.4 is 0 Å². The summed E-state index contributed by atoms with van der Waals surface area (Å²) in [6.45, 7) is 27.9. The molecule has 478 valence electrons. The fraction of sp³-hybridized carbons (Fsp3) is 0.176. The van der Waals surface area contributed by atoms with Crippen molar-refractivity contribution in [2.75, 3.05) is 0 Å². The molecule has 17 aromatic rings. The highest BCUT2D eigenvalue weighted by Crippen LogP contribution is 2.55. The summed E-state index contributed by atoms with van der Waals surface area (Å²) in [6, 6.07) is 93.0. The van der Waals surface area contributed by atoms with Crippen LogP contribution in [0.1, 0.15) is 105 Å². The Morgan fingerprint density at radius 1 is 0.245 bits per heavy atom. The average molecular weight is 1270 g/mol. The first kappa shape index (κ1) is 60.5. The lowest BCUT2D eigenvalue weighted by molar-refractivity contribution is 0.591. The van der Waals surface area contributed by atoms with E-state index in [0.717, 1.165) is 133 Å². The summed E-state index contributed by atoms with van der Waals surface area (Å²) in [5, 5.41) is 9.31. The van der Waals surface area contributed by atoms with Crippen molar-refractivity contribution in [2.24, 2.45) is 0 Å².